The molecule has 8 rings (SSSR count). The van der Waals surface area contributed by atoms with E-state index < -0.39 is 24.2 Å². The lowest BCUT2D eigenvalue weighted by atomic mass is 9.90. The van der Waals surface area contributed by atoms with Gasteiger partial charge in [-0.15, -0.1) is 0 Å². The molecule has 246 valence electrons. The first-order valence-electron chi connectivity index (χ1n) is 15.9. The maximum absolute atomic E-state index is 14.4. The van der Waals surface area contributed by atoms with Gasteiger partial charge in [-0.3, -0.25) is 9.89 Å². The van der Waals surface area contributed by atoms with Crippen LogP contribution < -0.4 is 4.74 Å². The van der Waals surface area contributed by atoms with Crippen molar-refractivity contribution in [3.63, 3.8) is 0 Å². The molecule has 7 nitrogen and oxygen atoms in total. The van der Waals surface area contributed by atoms with Crippen molar-refractivity contribution in [1.29, 1.82) is 0 Å². The van der Waals surface area contributed by atoms with E-state index in [2.05, 4.69) is 20.9 Å². The molecule has 0 saturated carbocycles. The number of aromatic nitrogens is 3. The summed E-state index contributed by atoms with van der Waals surface area (Å²) in [4.78, 5) is 20.0. The molecule has 2 aromatic heterocycles. The Balaban J connectivity index is 0.997. The Hall–Kier alpha value is -5.55. The minimum atomic E-state index is -4.53. The third kappa shape index (κ3) is 6.37. The van der Waals surface area contributed by atoms with E-state index in [1.807, 2.05) is 54.7 Å². The van der Waals surface area contributed by atoms with Crippen LogP contribution in [0.1, 0.15) is 40.3 Å². The van der Waals surface area contributed by atoms with Crippen LogP contribution in [0.4, 0.5) is 23.2 Å². The van der Waals surface area contributed by atoms with E-state index >= 15 is 0 Å². The maximum atomic E-state index is 14.4. The van der Waals surface area contributed by atoms with Gasteiger partial charge in [0.25, 0.3) is 0 Å². The smallest absolute Gasteiger partial charge is 0.393 e. The third-order valence-electron chi connectivity index (χ3n) is 8.90. The molecule has 0 spiro atoms. The molecular formula is C38H29F4N5O2. The number of hydrogen-bond acceptors (Lipinski definition) is 6. The minimum absolute atomic E-state index is 0.0755. The second-order valence-corrected chi connectivity index (χ2v) is 12.4. The highest BCUT2D eigenvalue weighted by atomic mass is 19.4. The van der Waals surface area contributed by atoms with Crippen molar-refractivity contribution >= 4 is 22.5 Å². The lowest BCUT2D eigenvalue weighted by Gasteiger charge is -2.25. The van der Waals surface area contributed by atoms with Crippen LogP contribution in [0.3, 0.4) is 0 Å². The number of para-hydroxylation sites is 1. The molecule has 0 atom stereocenters. The van der Waals surface area contributed by atoms with Gasteiger partial charge in [-0.05, 0) is 64.7 Å². The number of hydrogen-bond donors (Lipinski definition) is 2. The van der Waals surface area contributed by atoms with Crippen LogP contribution in [-0.2, 0) is 25.9 Å². The van der Waals surface area contributed by atoms with Gasteiger partial charge in [0.2, 0.25) is 5.88 Å². The largest absolute Gasteiger partial charge is 0.505 e. The highest BCUT2D eigenvalue weighted by Gasteiger charge is 2.31. The zero-order valence-corrected chi connectivity index (χ0v) is 26.1. The van der Waals surface area contributed by atoms with Gasteiger partial charge in [0, 0.05) is 61.4 Å². The van der Waals surface area contributed by atoms with Crippen molar-refractivity contribution in [3.8, 4) is 28.5 Å². The second-order valence-electron chi connectivity index (χ2n) is 12.4. The Morgan fingerprint density at radius 3 is 2.63 bits per heavy atom. The Morgan fingerprint density at radius 1 is 0.980 bits per heavy atom. The van der Waals surface area contributed by atoms with Gasteiger partial charge in [0.1, 0.15) is 11.6 Å². The first-order valence-corrected chi connectivity index (χ1v) is 15.9. The highest BCUT2D eigenvalue weighted by Crippen LogP contribution is 2.43. The number of aromatic hydroxyl groups is 1. The van der Waals surface area contributed by atoms with E-state index in [9.17, 15) is 22.7 Å². The number of pyridine rings is 1. The summed E-state index contributed by atoms with van der Waals surface area (Å²) in [6.45, 7) is 2.28. The van der Waals surface area contributed by atoms with Crippen LogP contribution >= 0.6 is 0 Å². The summed E-state index contributed by atoms with van der Waals surface area (Å²) < 4.78 is 60.3. The fourth-order valence-electron chi connectivity index (χ4n) is 6.57. The van der Waals surface area contributed by atoms with Crippen molar-refractivity contribution in [1.82, 2.24) is 19.9 Å². The molecule has 49 heavy (non-hydrogen) atoms. The number of halogens is 4. The van der Waals surface area contributed by atoms with Gasteiger partial charge < -0.3 is 14.8 Å². The number of allylic oxidation sites excluding steroid dienone is 4. The normalized spacial score (nSPS) is 15.6. The van der Waals surface area contributed by atoms with Gasteiger partial charge >= 0.3 is 6.18 Å². The second kappa shape index (κ2) is 12.2. The van der Waals surface area contributed by atoms with Crippen LogP contribution in [-0.4, -0.2) is 43.4 Å². The number of rotatable bonds is 7. The molecule has 3 aliphatic rings. The molecule has 2 N–H and O–H groups in total. The molecule has 11 heteroatoms. The molecule has 0 amide bonds. The monoisotopic (exact) mass is 663 g/mol. The number of fused-ring (bicyclic) bond motifs is 4. The van der Waals surface area contributed by atoms with Crippen molar-refractivity contribution in [2.24, 2.45) is 4.99 Å². The summed E-state index contributed by atoms with van der Waals surface area (Å²) in [6.07, 6.45) is 1.44. The molecule has 0 radical (unpaired) electrons. The van der Waals surface area contributed by atoms with E-state index in [0.717, 1.165) is 82.6 Å². The number of ether oxygens (including phenoxy) is 1. The Kier molecular flexibility index (Phi) is 7.63. The molecular weight excluding hydrogens is 634 g/mol. The number of benzene rings is 3. The summed E-state index contributed by atoms with van der Waals surface area (Å²) in [5, 5.41) is 9.81. The number of aromatic amines is 1. The number of H-pyrrole nitrogens is 1. The fourth-order valence-corrected chi connectivity index (χ4v) is 6.57. The van der Waals surface area contributed by atoms with Gasteiger partial charge in [-0.1, -0.05) is 36.4 Å². The number of nitrogens with zero attached hydrogens (tertiary/aromatic N) is 4. The van der Waals surface area contributed by atoms with E-state index in [4.69, 9.17) is 14.7 Å². The minimum Gasteiger partial charge on any atom is -0.505 e. The number of aliphatic imine (C=N–C) groups is 1. The molecule has 5 aromatic rings. The average molecular weight is 664 g/mol. The van der Waals surface area contributed by atoms with Crippen molar-refractivity contribution in [2.75, 3.05) is 6.54 Å². The van der Waals surface area contributed by atoms with E-state index in [1.165, 1.54) is 0 Å². The Labute approximate surface area is 279 Å². The van der Waals surface area contributed by atoms with E-state index in [0.29, 0.717) is 30.1 Å². The lowest BCUT2D eigenvalue weighted by molar-refractivity contribution is -0.127. The summed E-state index contributed by atoms with van der Waals surface area (Å²) >= 11 is 0. The van der Waals surface area contributed by atoms with Crippen LogP contribution in [0, 0.1) is 5.82 Å². The van der Waals surface area contributed by atoms with Gasteiger partial charge in [-0.2, -0.15) is 13.2 Å². The van der Waals surface area contributed by atoms with Crippen LogP contribution in [0.5, 0.6) is 17.4 Å². The third-order valence-corrected chi connectivity index (χ3v) is 8.90. The predicted molar refractivity (Wildman–Crippen MR) is 178 cm³/mol. The molecule has 4 heterocycles. The lowest BCUT2D eigenvalue weighted by Crippen LogP contribution is -2.30. The number of imidazole rings is 1. The zero-order chi connectivity index (χ0) is 33.7. The van der Waals surface area contributed by atoms with Crippen LogP contribution in [0.25, 0.3) is 22.3 Å². The molecule has 0 unspecified atom stereocenters. The van der Waals surface area contributed by atoms with Crippen LogP contribution in [0.2, 0.25) is 0 Å². The highest BCUT2D eigenvalue weighted by molar-refractivity contribution is 6.32. The number of phenolic OH excluding ortho intramolecular Hbond substituents is 1. The first kappa shape index (κ1) is 30.8. The van der Waals surface area contributed by atoms with Gasteiger partial charge in [-0.25, -0.2) is 14.4 Å². The van der Waals surface area contributed by atoms with Crippen molar-refractivity contribution in [2.45, 2.75) is 38.5 Å². The van der Waals surface area contributed by atoms with E-state index in [1.54, 1.807) is 18.2 Å². The Morgan fingerprint density at radius 2 is 1.84 bits per heavy atom. The molecule has 0 saturated heterocycles. The number of alkyl halides is 3. The molecule has 0 bridgehead atoms. The zero-order valence-electron chi connectivity index (χ0n) is 26.1. The molecule has 3 aromatic carbocycles. The SMILES string of the molecule is Oc1cc(CC(F)(F)F)c(-c2ccc3c(c2)C2=CC(c4nc5c([nH]4)CN(Cc4ccc(Oc6ccccc6)nc4)CC5)=CCC2=N3)cc1F. The summed E-state index contributed by atoms with van der Waals surface area (Å²) in [5.41, 5.74) is 7.49. The van der Waals surface area contributed by atoms with Gasteiger partial charge in [0.15, 0.2) is 11.6 Å². The quantitative estimate of drug-likeness (QED) is 0.170. The van der Waals surface area contributed by atoms with Crippen molar-refractivity contribution in [3.05, 3.63) is 131 Å². The summed E-state index contributed by atoms with van der Waals surface area (Å²) in [7, 11) is 0. The first-order chi connectivity index (χ1) is 23.6. The summed E-state index contributed by atoms with van der Waals surface area (Å²) in [6, 6.07) is 20.4. The Bertz CT molecular complexity index is 2170. The van der Waals surface area contributed by atoms with Crippen LogP contribution in [0.15, 0.2) is 96.1 Å². The molecule has 0 fully saturated rings. The molecule has 2 aliphatic heterocycles. The standard InChI is InChI=1S/C38H29F4N5O2/c39-30-17-27(25(16-35(30)48)18-38(40,41)42)23-7-9-31-28(14-23)29-15-24(8-10-32(29)44-31)37-45-33-12-13-47(21-34(33)46-37)20-22-6-11-36(43-19-22)49-26-4-2-1-3-5-26/h1-9,11,14-17,19,48H,10,12-13,18,20-21H2,(H,45,46). The van der Waals surface area contributed by atoms with Crippen molar-refractivity contribution < 1.29 is 27.4 Å². The number of phenols is 1. The summed E-state index contributed by atoms with van der Waals surface area (Å²) in [5.74, 6) is 0.228. The van der Waals surface area contributed by atoms with Gasteiger partial charge in [0.05, 0.1) is 29.2 Å². The molecule has 1 aliphatic carbocycles. The maximum Gasteiger partial charge on any atom is 0.393 e. The average Bonchev–Trinajstić information content (AvgIpc) is 3.67. The number of nitrogens with one attached hydrogen (secondary N) is 1. The van der Waals surface area contributed by atoms with E-state index in [-0.39, 0.29) is 11.1 Å². The predicted octanol–water partition coefficient (Wildman–Crippen LogP) is 8.73. The topological polar surface area (TPSA) is 86.6 Å². The fraction of sp³-hybridized carbons (Fsp3) is 0.184.